The molecule has 1 aromatic carbocycles. The van der Waals surface area contributed by atoms with Crippen molar-refractivity contribution in [1.82, 2.24) is 0 Å². The Hall–Kier alpha value is -1.30. The van der Waals surface area contributed by atoms with E-state index >= 15 is 0 Å². The van der Waals surface area contributed by atoms with E-state index in [0.29, 0.717) is 0 Å². The molecular formula is C17H30N3O2+. The zero-order valence-corrected chi connectivity index (χ0v) is 13.7. The second-order valence-corrected chi connectivity index (χ2v) is 6.43. The summed E-state index contributed by atoms with van der Waals surface area (Å²) in [5, 5.41) is 0. The van der Waals surface area contributed by atoms with Gasteiger partial charge in [0, 0.05) is 24.4 Å². The van der Waals surface area contributed by atoms with Crippen molar-refractivity contribution >= 4 is 11.4 Å². The number of quaternary nitrogens is 1. The van der Waals surface area contributed by atoms with Crippen LogP contribution in [0.1, 0.15) is 18.4 Å². The zero-order chi connectivity index (χ0) is 15.8. The van der Waals surface area contributed by atoms with Crippen LogP contribution in [0.25, 0.3) is 0 Å². The molecule has 2 rings (SSSR count). The number of nitrogens with two attached hydrogens (primary N) is 2. The summed E-state index contributed by atoms with van der Waals surface area (Å²) in [5.41, 5.74) is 14.3. The summed E-state index contributed by atoms with van der Waals surface area (Å²) < 4.78 is 12.3. The van der Waals surface area contributed by atoms with Crippen molar-refractivity contribution < 1.29 is 14.0 Å². The van der Waals surface area contributed by atoms with Crippen LogP contribution in [0.4, 0.5) is 11.4 Å². The molecule has 0 saturated carbocycles. The molecule has 1 aliphatic rings. The first kappa shape index (κ1) is 17.1. The van der Waals surface area contributed by atoms with Crippen molar-refractivity contribution in [3.8, 4) is 0 Å². The maximum atomic E-state index is 5.95. The maximum absolute atomic E-state index is 5.95. The molecule has 0 aliphatic carbocycles. The van der Waals surface area contributed by atoms with Gasteiger partial charge in [-0.3, -0.25) is 0 Å². The third-order valence-electron chi connectivity index (χ3n) is 4.44. The van der Waals surface area contributed by atoms with Gasteiger partial charge in [-0.15, -0.1) is 0 Å². The summed E-state index contributed by atoms with van der Waals surface area (Å²) in [5.74, 6) is 0. The van der Waals surface area contributed by atoms with E-state index in [1.807, 2.05) is 18.2 Å². The van der Waals surface area contributed by atoms with Gasteiger partial charge < -0.3 is 25.4 Å². The van der Waals surface area contributed by atoms with Gasteiger partial charge in [0.1, 0.15) is 13.1 Å². The third-order valence-corrected chi connectivity index (χ3v) is 4.44. The third kappa shape index (κ3) is 5.48. The molecule has 22 heavy (non-hydrogen) atoms. The number of benzene rings is 1. The molecule has 5 heteroatoms. The fourth-order valence-corrected chi connectivity index (χ4v) is 2.86. The molecule has 1 aromatic rings. The van der Waals surface area contributed by atoms with Crippen molar-refractivity contribution in [1.29, 1.82) is 0 Å². The van der Waals surface area contributed by atoms with Crippen molar-refractivity contribution in [3.63, 3.8) is 0 Å². The van der Waals surface area contributed by atoms with Crippen molar-refractivity contribution in [2.24, 2.45) is 0 Å². The van der Waals surface area contributed by atoms with E-state index in [1.165, 1.54) is 6.54 Å². The minimum atomic E-state index is 0.720. The molecule has 0 unspecified atom stereocenters. The van der Waals surface area contributed by atoms with Gasteiger partial charge in [-0.1, -0.05) is 6.07 Å². The number of anilines is 2. The first-order valence-electron chi connectivity index (χ1n) is 8.22. The molecule has 0 bridgehead atoms. The average Bonchev–Trinajstić information content (AvgIpc) is 2.49. The molecule has 1 aliphatic heterocycles. The minimum absolute atomic E-state index is 0.720. The van der Waals surface area contributed by atoms with Crippen LogP contribution in [0.3, 0.4) is 0 Å². The number of rotatable bonds is 8. The summed E-state index contributed by atoms with van der Waals surface area (Å²) in [4.78, 5) is 0. The van der Waals surface area contributed by atoms with Gasteiger partial charge in [-0.05, 0) is 30.5 Å². The van der Waals surface area contributed by atoms with Crippen LogP contribution in [0, 0.1) is 0 Å². The van der Waals surface area contributed by atoms with E-state index < -0.39 is 0 Å². The Kier molecular flexibility index (Phi) is 6.49. The van der Waals surface area contributed by atoms with Crippen LogP contribution in [-0.4, -0.2) is 57.6 Å². The standard InChI is InChI=1S/C17H30N3O2/c1-20(8-12-22-13-9-20)7-3-11-21-10-2-4-15-5-6-16(18)14-17(15)19/h5-6,14H,2-4,7-13,18-19H2,1H3/q+1. The van der Waals surface area contributed by atoms with Gasteiger partial charge in [0.2, 0.25) is 0 Å². The first-order valence-corrected chi connectivity index (χ1v) is 8.22. The second-order valence-electron chi connectivity index (χ2n) is 6.43. The fraction of sp³-hybridized carbons (Fsp3) is 0.647. The number of ether oxygens (including phenoxy) is 2. The lowest BCUT2D eigenvalue weighted by molar-refractivity contribution is -0.917. The smallest absolute Gasteiger partial charge is 0.102 e. The molecule has 0 amide bonds. The number of morpholine rings is 1. The number of nitrogens with zero attached hydrogens (tertiary/aromatic N) is 1. The van der Waals surface area contributed by atoms with Crippen molar-refractivity contribution in [2.75, 3.05) is 64.6 Å². The van der Waals surface area contributed by atoms with Gasteiger partial charge in [0.25, 0.3) is 0 Å². The Morgan fingerprint density at radius 2 is 1.86 bits per heavy atom. The number of likely N-dealkylation sites (N-methyl/N-ethyl adjacent to an activating group) is 1. The minimum Gasteiger partial charge on any atom is -0.399 e. The van der Waals surface area contributed by atoms with E-state index in [2.05, 4.69) is 7.05 Å². The van der Waals surface area contributed by atoms with Crippen LogP contribution in [0.2, 0.25) is 0 Å². The van der Waals surface area contributed by atoms with Gasteiger partial charge in [0.05, 0.1) is 33.4 Å². The summed E-state index contributed by atoms with van der Waals surface area (Å²) >= 11 is 0. The lowest BCUT2D eigenvalue weighted by Crippen LogP contribution is -2.52. The lowest BCUT2D eigenvalue weighted by Gasteiger charge is -2.37. The van der Waals surface area contributed by atoms with E-state index in [4.69, 9.17) is 20.9 Å². The van der Waals surface area contributed by atoms with E-state index in [0.717, 1.165) is 80.2 Å². The zero-order valence-electron chi connectivity index (χ0n) is 13.7. The molecule has 4 N–H and O–H groups in total. The summed E-state index contributed by atoms with van der Waals surface area (Å²) in [6.07, 6.45) is 3.05. The number of hydrogen-bond acceptors (Lipinski definition) is 4. The molecule has 0 radical (unpaired) electrons. The highest BCUT2D eigenvalue weighted by molar-refractivity contribution is 5.56. The lowest BCUT2D eigenvalue weighted by atomic mass is 10.1. The molecule has 0 spiro atoms. The molecule has 0 atom stereocenters. The SMILES string of the molecule is C[N+]1(CCCOCCCc2ccc(N)cc2N)CCOCC1. The van der Waals surface area contributed by atoms with Crippen molar-refractivity contribution in [2.45, 2.75) is 19.3 Å². The first-order chi connectivity index (χ1) is 10.6. The quantitative estimate of drug-likeness (QED) is 0.435. The summed E-state index contributed by atoms with van der Waals surface area (Å²) in [7, 11) is 2.31. The highest BCUT2D eigenvalue weighted by atomic mass is 16.5. The highest BCUT2D eigenvalue weighted by Gasteiger charge is 2.24. The Bertz CT molecular complexity index is 459. The van der Waals surface area contributed by atoms with Crippen LogP contribution >= 0.6 is 0 Å². The average molecular weight is 308 g/mol. The summed E-state index contributed by atoms with van der Waals surface area (Å²) in [6, 6.07) is 5.73. The molecule has 1 saturated heterocycles. The predicted molar refractivity (Wildman–Crippen MR) is 90.6 cm³/mol. The molecule has 124 valence electrons. The van der Waals surface area contributed by atoms with E-state index in [9.17, 15) is 0 Å². The van der Waals surface area contributed by atoms with Crippen LogP contribution in [0.5, 0.6) is 0 Å². The second kappa shape index (κ2) is 8.36. The largest absolute Gasteiger partial charge is 0.399 e. The predicted octanol–water partition coefficient (Wildman–Crippen LogP) is 1.67. The monoisotopic (exact) mass is 308 g/mol. The van der Waals surface area contributed by atoms with Crippen molar-refractivity contribution in [3.05, 3.63) is 23.8 Å². The molecule has 0 aromatic heterocycles. The summed E-state index contributed by atoms with van der Waals surface area (Å²) in [6.45, 7) is 6.82. The molecule has 1 heterocycles. The normalized spacial score (nSPS) is 17.5. The number of hydrogen-bond donors (Lipinski definition) is 2. The fourth-order valence-electron chi connectivity index (χ4n) is 2.86. The number of nitrogen functional groups attached to an aromatic ring is 2. The molecule has 1 fully saturated rings. The Labute approximate surface area is 133 Å². The number of aryl methyl sites for hydroxylation is 1. The maximum Gasteiger partial charge on any atom is 0.102 e. The Balaban J connectivity index is 1.54. The Morgan fingerprint density at radius 1 is 1.14 bits per heavy atom. The van der Waals surface area contributed by atoms with Crippen LogP contribution < -0.4 is 11.5 Å². The topological polar surface area (TPSA) is 70.5 Å². The van der Waals surface area contributed by atoms with E-state index in [1.54, 1.807) is 0 Å². The van der Waals surface area contributed by atoms with Gasteiger partial charge in [0.15, 0.2) is 0 Å². The van der Waals surface area contributed by atoms with Gasteiger partial charge in [-0.2, -0.15) is 0 Å². The van der Waals surface area contributed by atoms with Gasteiger partial charge in [-0.25, -0.2) is 0 Å². The Morgan fingerprint density at radius 3 is 2.59 bits per heavy atom. The molecular weight excluding hydrogens is 278 g/mol. The van der Waals surface area contributed by atoms with Crippen LogP contribution in [-0.2, 0) is 15.9 Å². The molecule has 5 nitrogen and oxygen atoms in total. The van der Waals surface area contributed by atoms with Crippen LogP contribution in [0.15, 0.2) is 18.2 Å². The van der Waals surface area contributed by atoms with E-state index in [-0.39, 0.29) is 0 Å². The highest BCUT2D eigenvalue weighted by Crippen LogP contribution is 2.17. The van der Waals surface area contributed by atoms with Gasteiger partial charge >= 0.3 is 0 Å².